The lowest BCUT2D eigenvalue weighted by Crippen LogP contribution is -2.15. The van der Waals surface area contributed by atoms with Crippen LogP contribution in [0.2, 0.25) is 0 Å². The second kappa shape index (κ2) is 2.75. The highest BCUT2D eigenvalue weighted by Gasteiger charge is 2.13. The van der Waals surface area contributed by atoms with Gasteiger partial charge in [-0.1, -0.05) is 18.1 Å². The summed E-state index contributed by atoms with van der Waals surface area (Å²) in [5.41, 5.74) is 4.33. The lowest BCUT2D eigenvalue weighted by atomic mass is 9.94. The highest BCUT2D eigenvalue weighted by atomic mass is 16.5. The molecular weight excluding hydrogens is 149 g/mol. The third-order valence-corrected chi connectivity index (χ3v) is 1.97. The molecule has 0 radical (unpaired) electrons. The molecule has 1 aliphatic heterocycles. The Morgan fingerprint density at radius 3 is 3.17 bits per heavy atom. The van der Waals surface area contributed by atoms with E-state index in [1.807, 2.05) is 14.0 Å². The van der Waals surface area contributed by atoms with Crippen molar-refractivity contribution in [3.63, 3.8) is 0 Å². The zero-order valence-corrected chi connectivity index (χ0v) is 7.13. The Morgan fingerprint density at radius 1 is 1.50 bits per heavy atom. The molecule has 0 N–H and O–H groups in total. The summed E-state index contributed by atoms with van der Waals surface area (Å²) in [6, 6.07) is 2.10. The Labute approximate surface area is 72.7 Å². The van der Waals surface area contributed by atoms with Crippen LogP contribution >= 0.6 is 0 Å². The Hall–Kier alpha value is -1.09. The van der Waals surface area contributed by atoms with Gasteiger partial charge in [-0.3, -0.25) is 4.98 Å². The molecule has 0 aromatic carbocycles. The van der Waals surface area contributed by atoms with Gasteiger partial charge in [-0.25, -0.2) is 0 Å². The second-order valence-corrected chi connectivity index (χ2v) is 3.12. The van der Waals surface area contributed by atoms with Gasteiger partial charge >= 0.3 is 0 Å². The minimum absolute atomic E-state index is 0.614. The molecule has 2 rings (SSSR count). The van der Waals surface area contributed by atoms with Crippen LogP contribution in [0.25, 0.3) is 5.57 Å². The standard InChI is InChI=1S/C9H10BNO/c1-6-4-12-5-7-2-8(10)3-11-9(6)7/h2-3H,1,4-5,10H2. The molecule has 0 saturated heterocycles. The van der Waals surface area contributed by atoms with Gasteiger partial charge in [-0.15, -0.1) is 0 Å². The van der Waals surface area contributed by atoms with Crippen LogP contribution in [0.15, 0.2) is 18.8 Å². The fraction of sp³-hybridized carbons (Fsp3) is 0.222. The molecule has 1 aliphatic rings. The average Bonchev–Trinajstić information content (AvgIpc) is 2.04. The van der Waals surface area contributed by atoms with Crippen LogP contribution in [-0.2, 0) is 11.3 Å². The molecule has 0 fully saturated rings. The van der Waals surface area contributed by atoms with E-state index >= 15 is 0 Å². The van der Waals surface area contributed by atoms with Crippen molar-refractivity contribution in [1.29, 1.82) is 0 Å². The predicted molar refractivity (Wildman–Crippen MR) is 51.1 cm³/mol. The number of ether oxygens (including phenoxy) is 1. The summed E-state index contributed by atoms with van der Waals surface area (Å²) >= 11 is 0. The Balaban J connectivity index is 2.53. The van der Waals surface area contributed by atoms with Crippen molar-refractivity contribution in [1.82, 2.24) is 4.98 Å². The Kier molecular flexibility index (Phi) is 1.73. The van der Waals surface area contributed by atoms with Crippen molar-refractivity contribution >= 4 is 18.9 Å². The SMILES string of the molecule is Bc1cnc2c(c1)COCC2=C. The molecular formula is C9H10BNO. The lowest BCUT2D eigenvalue weighted by Gasteiger charge is -2.17. The number of aromatic nitrogens is 1. The molecule has 0 atom stereocenters. The first kappa shape index (κ1) is 7.56. The first-order valence-corrected chi connectivity index (χ1v) is 3.99. The maximum Gasteiger partial charge on any atom is 0.141 e. The molecule has 0 amide bonds. The highest BCUT2D eigenvalue weighted by Crippen LogP contribution is 2.20. The van der Waals surface area contributed by atoms with Gasteiger partial charge in [0.2, 0.25) is 0 Å². The van der Waals surface area contributed by atoms with Gasteiger partial charge in [0.1, 0.15) is 7.85 Å². The largest absolute Gasteiger partial charge is 0.372 e. The molecule has 1 aromatic rings. The van der Waals surface area contributed by atoms with Crippen molar-refractivity contribution in [2.75, 3.05) is 6.61 Å². The van der Waals surface area contributed by atoms with E-state index in [2.05, 4.69) is 17.6 Å². The molecule has 2 nitrogen and oxygen atoms in total. The second-order valence-electron chi connectivity index (χ2n) is 3.12. The van der Waals surface area contributed by atoms with Crippen molar-refractivity contribution in [3.8, 4) is 0 Å². The van der Waals surface area contributed by atoms with Gasteiger partial charge in [0.15, 0.2) is 0 Å². The molecule has 0 spiro atoms. The van der Waals surface area contributed by atoms with Crippen molar-refractivity contribution < 1.29 is 4.74 Å². The van der Waals surface area contributed by atoms with Crippen molar-refractivity contribution in [2.45, 2.75) is 6.61 Å². The third-order valence-electron chi connectivity index (χ3n) is 1.97. The molecule has 3 heteroatoms. The van der Waals surface area contributed by atoms with Gasteiger partial charge in [-0.05, 0) is 5.57 Å². The monoisotopic (exact) mass is 159 g/mol. The van der Waals surface area contributed by atoms with Crippen molar-refractivity contribution in [3.05, 3.63) is 30.1 Å². The summed E-state index contributed by atoms with van der Waals surface area (Å²) in [6.07, 6.45) is 1.87. The summed E-state index contributed by atoms with van der Waals surface area (Å²) < 4.78 is 5.32. The van der Waals surface area contributed by atoms with Crippen LogP contribution in [0, 0.1) is 0 Å². The average molecular weight is 159 g/mol. The quantitative estimate of drug-likeness (QED) is 0.492. The first-order chi connectivity index (χ1) is 5.77. The molecule has 60 valence electrons. The van der Waals surface area contributed by atoms with Crippen LogP contribution < -0.4 is 5.46 Å². The number of hydrogen-bond donors (Lipinski definition) is 0. The zero-order valence-electron chi connectivity index (χ0n) is 7.13. The van der Waals surface area contributed by atoms with Crippen LogP contribution in [0.3, 0.4) is 0 Å². The summed E-state index contributed by atoms with van der Waals surface area (Å²) in [4.78, 5) is 4.32. The van der Waals surface area contributed by atoms with Crippen molar-refractivity contribution in [2.24, 2.45) is 0 Å². The fourth-order valence-electron chi connectivity index (χ4n) is 1.41. The minimum Gasteiger partial charge on any atom is -0.372 e. The topological polar surface area (TPSA) is 22.1 Å². The molecule has 0 saturated carbocycles. The summed E-state index contributed by atoms with van der Waals surface area (Å²) in [5.74, 6) is 0. The van der Waals surface area contributed by atoms with Gasteiger partial charge < -0.3 is 4.74 Å². The summed E-state index contributed by atoms with van der Waals surface area (Å²) in [7, 11) is 2.03. The molecule has 0 aliphatic carbocycles. The van der Waals surface area contributed by atoms with Gasteiger partial charge in [0.05, 0.1) is 18.9 Å². The number of nitrogens with zero attached hydrogens (tertiary/aromatic N) is 1. The Bertz CT molecular complexity index is 335. The van der Waals surface area contributed by atoms with E-state index in [9.17, 15) is 0 Å². The fourth-order valence-corrected chi connectivity index (χ4v) is 1.41. The summed E-state index contributed by atoms with van der Waals surface area (Å²) in [6.45, 7) is 5.18. The number of pyridine rings is 1. The van der Waals surface area contributed by atoms with Crippen LogP contribution in [-0.4, -0.2) is 19.4 Å². The van der Waals surface area contributed by atoms with E-state index in [1.54, 1.807) is 0 Å². The predicted octanol–water partition coefficient (Wildman–Crippen LogP) is -0.117. The molecule has 1 aromatic heterocycles. The van der Waals surface area contributed by atoms with Crippen LogP contribution in [0.5, 0.6) is 0 Å². The van der Waals surface area contributed by atoms with E-state index in [-0.39, 0.29) is 0 Å². The summed E-state index contributed by atoms with van der Waals surface area (Å²) in [5, 5.41) is 0. The third kappa shape index (κ3) is 1.16. The Morgan fingerprint density at radius 2 is 2.33 bits per heavy atom. The number of fused-ring (bicyclic) bond motifs is 1. The first-order valence-electron chi connectivity index (χ1n) is 3.99. The van der Waals surface area contributed by atoms with Gasteiger partial charge in [-0.2, -0.15) is 0 Å². The van der Waals surface area contributed by atoms with E-state index in [4.69, 9.17) is 4.74 Å². The molecule has 0 unspecified atom stereocenters. The zero-order chi connectivity index (χ0) is 8.55. The van der Waals surface area contributed by atoms with Crippen LogP contribution in [0.4, 0.5) is 0 Å². The van der Waals surface area contributed by atoms with Gasteiger partial charge in [0.25, 0.3) is 0 Å². The van der Waals surface area contributed by atoms with Crippen LogP contribution in [0.1, 0.15) is 11.3 Å². The molecule has 0 bridgehead atoms. The highest BCUT2D eigenvalue weighted by molar-refractivity contribution is 6.32. The van der Waals surface area contributed by atoms with E-state index < -0.39 is 0 Å². The van der Waals surface area contributed by atoms with Gasteiger partial charge in [0, 0.05) is 11.8 Å². The van der Waals surface area contributed by atoms with E-state index in [1.165, 1.54) is 5.46 Å². The minimum atomic E-state index is 0.614. The molecule has 12 heavy (non-hydrogen) atoms. The molecule has 2 heterocycles. The maximum atomic E-state index is 5.32. The maximum absolute atomic E-state index is 5.32. The smallest absolute Gasteiger partial charge is 0.141 e. The lowest BCUT2D eigenvalue weighted by molar-refractivity contribution is 0.145. The van der Waals surface area contributed by atoms with E-state index in [0.717, 1.165) is 16.8 Å². The number of rotatable bonds is 0. The number of hydrogen-bond acceptors (Lipinski definition) is 2. The normalized spacial score (nSPS) is 15.8. The van der Waals surface area contributed by atoms with E-state index in [0.29, 0.717) is 13.2 Å².